The van der Waals surface area contributed by atoms with Crippen molar-refractivity contribution in [1.29, 1.82) is 0 Å². The van der Waals surface area contributed by atoms with Gasteiger partial charge in [-0.25, -0.2) is 4.39 Å². The molecule has 5 nitrogen and oxygen atoms in total. The Labute approximate surface area is 172 Å². The first kappa shape index (κ1) is 19.4. The number of nitrogens with zero attached hydrogens (tertiary/aromatic N) is 2. The summed E-state index contributed by atoms with van der Waals surface area (Å²) in [7, 11) is 0. The minimum absolute atomic E-state index is 0.302. The number of rotatable bonds is 4. The van der Waals surface area contributed by atoms with Crippen molar-refractivity contribution in [2.75, 3.05) is 11.1 Å². The van der Waals surface area contributed by atoms with Crippen LogP contribution in [0.5, 0.6) is 0 Å². The fraction of sp³-hybridized carbons (Fsp3) is 0.227. The number of aliphatic imine (C=N–C) groups is 1. The van der Waals surface area contributed by atoms with Crippen molar-refractivity contribution in [3.8, 4) is 0 Å². The second kappa shape index (κ2) is 7.83. The summed E-state index contributed by atoms with van der Waals surface area (Å²) in [4.78, 5) is 21.5. The summed E-state index contributed by atoms with van der Waals surface area (Å²) in [5, 5.41) is 5.19. The lowest BCUT2D eigenvalue weighted by molar-refractivity contribution is 0.102. The molecular weight excluding hydrogens is 387 g/mol. The van der Waals surface area contributed by atoms with Gasteiger partial charge in [0.25, 0.3) is 5.91 Å². The van der Waals surface area contributed by atoms with E-state index in [1.54, 1.807) is 24.4 Å². The molecule has 1 aliphatic rings. The van der Waals surface area contributed by atoms with E-state index in [9.17, 15) is 9.18 Å². The molecule has 0 unspecified atom stereocenters. The van der Waals surface area contributed by atoms with Crippen molar-refractivity contribution < 1.29 is 9.18 Å². The third-order valence-corrected chi connectivity index (χ3v) is 6.06. The van der Waals surface area contributed by atoms with Crippen LogP contribution in [0.2, 0.25) is 0 Å². The van der Waals surface area contributed by atoms with E-state index in [0.717, 1.165) is 16.5 Å². The first-order valence-electron chi connectivity index (χ1n) is 9.45. The molecule has 29 heavy (non-hydrogen) atoms. The second-order valence-electron chi connectivity index (χ2n) is 7.00. The number of nitrogens with two attached hydrogens (primary N) is 1. The van der Waals surface area contributed by atoms with Crippen LogP contribution in [0.4, 0.5) is 10.1 Å². The molecule has 2 aromatic carbocycles. The summed E-state index contributed by atoms with van der Waals surface area (Å²) in [5.41, 5.74) is 6.47. The van der Waals surface area contributed by atoms with E-state index in [2.05, 4.69) is 15.3 Å². The van der Waals surface area contributed by atoms with Crippen molar-refractivity contribution in [3.05, 3.63) is 71.8 Å². The van der Waals surface area contributed by atoms with E-state index in [-0.39, 0.29) is 11.7 Å². The molecule has 7 heteroatoms. The van der Waals surface area contributed by atoms with Gasteiger partial charge in [0, 0.05) is 28.6 Å². The molecule has 2 heterocycles. The quantitative estimate of drug-likeness (QED) is 0.657. The summed E-state index contributed by atoms with van der Waals surface area (Å²) in [5.74, 6) is 0.0819. The minimum atomic E-state index is -0.707. The Morgan fingerprint density at radius 2 is 2.03 bits per heavy atom. The lowest BCUT2D eigenvalue weighted by Gasteiger charge is -2.33. The van der Waals surface area contributed by atoms with Crippen molar-refractivity contribution in [2.24, 2.45) is 10.7 Å². The molecule has 1 atom stereocenters. The lowest BCUT2D eigenvalue weighted by Crippen LogP contribution is -2.32. The maximum absolute atomic E-state index is 14.7. The van der Waals surface area contributed by atoms with Gasteiger partial charge in [-0.05, 0) is 42.5 Å². The number of amidine groups is 1. The fourth-order valence-electron chi connectivity index (χ4n) is 3.63. The number of aromatic nitrogens is 1. The third-order valence-electron chi connectivity index (χ3n) is 5.26. The maximum atomic E-state index is 14.7. The number of carbonyl (C=O) groups is 1. The summed E-state index contributed by atoms with van der Waals surface area (Å²) < 4.78 is 14.7. The Balaban J connectivity index is 1.65. The largest absolute Gasteiger partial charge is 0.379 e. The van der Waals surface area contributed by atoms with Gasteiger partial charge in [0.15, 0.2) is 5.17 Å². The van der Waals surface area contributed by atoms with E-state index < -0.39 is 5.54 Å². The first-order chi connectivity index (χ1) is 14.0. The molecule has 0 spiro atoms. The zero-order chi connectivity index (χ0) is 20.4. The van der Waals surface area contributed by atoms with Gasteiger partial charge < -0.3 is 11.1 Å². The van der Waals surface area contributed by atoms with Crippen LogP contribution < -0.4 is 11.1 Å². The van der Waals surface area contributed by atoms with Gasteiger partial charge in [-0.15, -0.1) is 0 Å². The first-order valence-corrected chi connectivity index (χ1v) is 10.4. The number of anilines is 1. The number of halogens is 1. The summed E-state index contributed by atoms with van der Waals surface area (Å²) in [6.07, 6.45) is 2.98. The van der Waals surface area contributed by atoms with Crippen LogP contribution >= 0.6 is 11.8 Å². The van der Waals surface area contributed by atoms with Crippen LogP contribution in [0.3, 0.4) is 0 Å². The SMILES string of the molecule is CC[C@@]1(c2cc(NC(=O)c3cc4ccccc4cn3)ccc2F)CCSC(N)=N1. The number of thioether (sulfide) groups is 1. The van der Waals surface area contributed by atoms with Gasteiger partial charge in [-0.3, -0.25) is 14.8 Å². The van der Waals surface area contributed by atoms with Crippen LogP contribution in [0, 0.1) is 5.82 Å². The Hall–Kier alpha value is -2.93. The highest BCUT2D eigenvalue weighted by molar-refractivity contribution is 8.13. The Morgan fingerprint density at radius 1 is 1.24 bits per heavy atom. The highest BCUT2D eigenvalue weighted by atomic mass is 32.2. The van der Waals surface area contributed by atoms with Gasteiger partial charge in [-0.2, -0.15) is 0 Å². The molecule has 0 saturated carbocycles. The van der Waals surface area contributed by atoms with Crippen LogP contribution in [0.1, 0.15) is 35.8 Å². The lowest BCUT2D eigenvalue weighted by atomic mass is 9.84. The molecule has 3 aromatic rings. The predicted octanol–water partition coefficient (Wildman–Crippen LogP) is 4.68. The van der Waals surface area contributed by atoms with E-state index in [1.807, 2.05) is 31.2 Å². The van der Waals surface area contributed by atoms with Crippen LogP contribution in [0.15, 0.2) is 59.7 Å². The molecule has 4 rings (SSSR count). The number of nitrogens with one attached hydrogen (secondary N) is 1. The smallest absolute Gasteiger partial charge is 0.274 e. The standard InChI is InChI=1S/C22H21FN4OS/c1-2-22(9-10-29-21(24)27-22)17-12-16(7-8-18(17)23)26-20(28)19-11-14-5-3-4-6-15(14)13-25-19/h3-8,11-13H,2,9-10H2,1H3,(H2,24,27)(H,26,28)/t22-/m0/s1. The maximum Gasteiger partial charge on any atom is 0.274 e. The van der Waals surface area contributed by atoms with Gasteiger partial charge in [0.05, 0.1) is 5.54 Å². The third kappa shape index (κ3) is 3.82. The summed E-state index contributed by atoms with van der Waals surface area (Å²) >= 11 is 1.48. The van der Waals surface area contributed by atoms with Crippen molar-refractivity contribution in [2.45, 2.75) is 25.3 Å². The summed E-state index contributed by atoms with van der Waals surface area (Å²) in [6, 6.07) is 14.0. The van der Waals surface area contributed by atoms with E-state index in [0.29, 0.717) is 35.0 Å². The highest BCUT2D eigenvalue weighted by Crippen LogP contribution is 2.40. The molecule has 148 valence electrons. The number of carbonyl (C=O) groups excluding carboxylic acids is 1. The average Bonchev–Trinajstić information content (AvgIpc) is 2.74. The number of fused-ring (bicyclic) bond motifs is 1. The molecule has 1 aliphatic heterocycles. The highest BCUT2D eigenvalue weighted by Gasteiger charge is 2.35. The minimum Gasteiger partial charge on any atom is -0.379 e. The van der Waals surface area contributed by atoms with Crippen LogP contribution in [0.25, 0.3) is 10.8 Å². The Morgan fingerprint density at radius 3 is 2.79 bits per heavy atom. The van der Waals surface area contributed by atoms with E-state index in [1.165, 1.54) is 17.8 Å². The molecule has 0 bridgehead atoms. The Bertz CT molecular complexity index is 1120. The van der Waals surface area contributed by atoms with E-state index >= 15 is 0 Å². The molecule has 0 saturated heterocycles. The fourth-order valence-corrected chi connectivity index (χ4v) is 4.52. The normalized spacial score (nSPS) is 19.0. The second-order valence-corrected chi connectivity index (χ2v) is 8.11. The molecule has 0 fully saturated rings. The zero-order valence-electron chi connectivity index (χ0n) is 16.0. The van der Waals surface area contributed by atoms with Crippen LogP contribution in [-0.4, -0.2) is 21.8 Å². The van der Waals surface area contributed by atoms with Gasteiger partial charge in [0.1, 0.15) is 11.5 Å². The molecule has 1 aromatic heterocycles. The van der Waals surface area contributed by atoms with E-state index in [4.69, 9.17) is 5.73 Å². The van der Waals surface area contributed by atoms with Gasteiger partial charge in [0.2, 0.25) is 0 Å². The predicted molar refractivity (Wildman–Crippen MR) is 117 cm³/mol. The number of hydrogen-bond acceptors (Lipinski definition) is 5. The zero-order valence-corrected chi connectivity index (χ0v) is 16.8. The molecule has 0 radical (unpaired) electrons. The number of amides is 1. The van der Waals surface area contributed by atoms with Gasteiger partial charge >= 0.3 is 0 Å². The van der Waals surface area contributed by atoms with Gasteiger partial charge in [-0.1, -0.05) is 43.0 Å². The monoisotopic (exact) mass is 408 g/mol. The number of benzene rings is 2. The Kier molecular flexibility index (Phi) is 5.24. The molecule has 0 aliphatic carbocycles. The topological polar surface area (TPSA) is 80.4 Å². The molecular formula is C22H21FN4OS. The average molecular weight is 409 g/mol. The van der Waals surface area contributed by atoms with Crippen molar-refractivity contribution >= 4 is 39.3 Å². The number of hydrogen-bond donors (Lipinski definition) is 2. The molecule has 1 amide bonds. The van der Waals surface area contributed by atoms with Crippen LogP contribution in [-0.2, 0) is 5.54 Å². The summed E-state index contributed by atoms with van der Waals surface area (Å²) in [6.45, 7) is 1.97. The van der Waals surface area contributed by atoms with Crippen molar-refractivity contribution in [3.63, 3.8) is 0 Å². The number of pyridine rings is 1. The van der Waals surface area contributed by atoms with Crippen molar-refractivity contribution in [1.82, 2.24) is 4.98 Å². The molecule has 3 N–H and O–H groups in total.